The highest BCUT2D eigenvalue weighted by molar-refractivity contribution is 5.94. The van der Waals surface area contributed by atoms with Crippen LogP contribution in [0.3, 0.4) is 0 Å². The summed E-state index contributed by atoms with van der Waals surface area (Å²) < 4.78 is 32.5. The molecule has 7 heteroatoms. The average Bonchev–Trinajstić information content (AvgIpc) is 2.63. The lowest BCUT2D eigenvalue weighted by Gasteiger charge is -2.45. The van der Waals surface area contributed by atoms with Crippen LogP contribution in [0, 0.1) is 23.0 Å². The number of benzene rings is 2. The first kappa shape index (κ1) is 18.8. The molecule has 0 saturated carbocycles. The molecule has 1 N–H and O–H groups in total. The van der Waals surface area contributed by atoms with Crippen LogP contribution in [0.15, 0.2) is 36.4 Å². The standard InChI is InChI=1S/C20H18F2N2O3/c1-20(2)18(25)17(13-8-11(10-23)4-7-16(13)27-20)24(3)19(26)12-5-6-14(21)15(22)9-12/h4-9,17-18,25H,1-3H3/t17-,18+/m1/s1. The van der Waals surface area contributed by atoms with E-state index in [0.29, 0.717) is 16.9 Å². The molecular weight excluding hydrogens is 354 g/mol. The Morgan fingerprint density at radius 2 is 1.93 bits per heavy atom. The summed E-state index contributed by atoms with van der Waals surface area (Å²) in [5.41, 5.74) is -0.234. The van der Waals surface area contributed by atoms with Crippen molar-refractivity contribution < 1.29 is 23.4 Å². The summed E-state index contributed by atoms with van der Waals surface area (Å²) in [6, 6.07) is 8.80. The molecule has 1 heterocycles. The zero-order valence-electron chi connectivity index (χ0n) is 15.0. The van der Waals surface area contributed by atoms with E-state index in [-0.39, 0.29) is 5.56 Å². The molecule has 27 heavy (non-hydrogen) atoms. The third-order valence-corrected chi connectivity index (χ3v) is 4.75. The molecule has 3 rings (SSSR count). The van der Waals surface area contributed by atoms with Gasteiger partial charge in [0.2, 0.25) is 0 Å². The summed E-state index contributed by atoms with van der Waals surface area (Å²) in [6.07, 6.45) is -1.11. The van der Waals surface area contributed by atoms with E-state index in [0.717, 1.165) is 12.1 Å². The van der Waals surface area contributed by atoms with Gasteiger partial charge < -0.3 is 14.7 Å². The van der Waals surface area contributed by atoms with Gasteiger partial charge in [0.05, 0.1) is 17.7 Å². The minimum atomic E-state index is -1.13. The molecule has 2 aromatic carbocycles. The van der Waals surface area contributed by atoms with E-state index < -0.39 is 35.3 Å². The molecule has 0 spiro atoms. The molecule has 1 aliphatic heterocycles. The van der Waals surface area contributed by atoms with Crippen molar-refractivity contribution in [3.05, 3.63) is 64.7 Å². The van der Waals surface area contributed by atoms with Gasteiger partial charge >= 0.3 is 0 Å². The predicted molar refractivity (Wildman–Crippen MR) is 93.1 cm³/mol. The van der Waals surface area contributed by atoms with Crippen molar-refractivity contribution in [1.82, 2.24) is 4.90 Å². The number of amides is 1. The van der Waals surface area contributed by atoms with E-state index in [9.17, 15) is 18.7 Å². The van der Waals surface area contributed by atoms with Crippen LogP contribution in [0.5, 0.6) is 5.75 Å². The number of hydrogen-bond acceptors (Lipinski definition) is 4. The van der Waals surface area contributed by atoms with Gasteiger partial charge in [-0.2, -0.15) is 5.26 Å². The number of carbonyl (C=O) groups excluding carboxylic acids is 1. The van der Waals surface area contributed by atoms with Gasteiger partial charge in [-0.1, -0.05) is 0 Å². The molecule has 0 aromatic heterocycles. The van der Waals surface area contributed by atoms with E-state index in [2.05, 4.69) is 0 Å². The number of carbonyl (C=O) groups is 1. The molecular formula is C20H18F2N2O3. The number of rotatable bonds is 2. The Labute approximate surface area is 155 Å². The monoisotopic (exact) mass is 372 g/mol. The minimum Gasteiger partial charge on any atom is -0.485 e. The van der Waals surface area contributed by atoms with Crippen molar-refractivity contribution in [2.24, 2.45) is 0 Å². The van der Waals surface area contributed by atoms with Gasteiger partial charge in [0, 0.05) is 18.2 Å². The fourth-order valence-electron chi connectivity index (χ4n) is 3.22. The maximum Gasteiger partial charge on any atom is 0.254 e. The second-order valence-electron chi connectivity index (χ2n) is 7.00. The van der Waals surface area contributed by atoms with Crippen molar-refractivity contribution in [2.45, 2.75) is 31.6 Å². The fourth-order valence-corrected chi connectivity index (χ4v) is 3.22. The third-order valence-electron chi connectivity index (χ3n) is 4.75. The number of aliphatic hydroxyl groups is 1. The van der Waals surface area contributed by atoms with Gasteiger partial charge in [-0.25, -0.2) is 8.78 Å². The van der Waals surface area contributed by atoms with Crippen molar-refractivity contribution >= 4 is 5.91 Å². The largest absolute Gasteiger partial charge is 0.485 e. The number of nitriles is 1. The lowest BCUT2D eigenvalue weighted by molar-refractivity contribution is -0.0830. The van der Waals surface area contributed by atoms with E-state index in [4.69, 9.17) is 10.00 Å². The van der Waals surface area contributed by atoms with Crippen LogP contribution in [0.1, 0.15) is 41.4 Å². The van der Waals surface area contributed by atoms with Crippen LogP contribution in [0.4, 0.5) is 8.78 Å². The normalized spacial score (nSPS) is 20.2. The quantitative estimate of drug-likeness (QED) is 0.879. The highest BCUT2D eigenvalue weighted by atomic mass is 19.2. The smallest absolute Gasteiger partial charge is 0.254 e. The van der Waals surface area contributed by atoms with Crippen molar-refractivity contribution in [3.63, 3.8) is 0 Å². The maximum absolute atomic E-state index is 13.5. The van der Waals surface area contributed by atoms with Crippen LogP contribution < -0.4 is 4.74 Å². The van der Waals surface area contributed by atoms with Crippen molar-refractivity contribution in [1.29, 1.82) is 5.26 Å². The molecule has 0 fully saturated rings. The fraction of sp³-hybridized carbons (Fsp3) is 0.300. The number of nitrogens with zero attached hydrogens (tertiary/aromatic N) is 2. The van der Waals surface area contributed by atoms with Crippen LogP contribution in [0.25, 0.3) is 0 Å². The van der Waals surface area contributed by atoms with Gasteiger partial charge in [-0.05, 0) is 50.2 Å². The Bertz CT molecular complexity index is 953. The van der Waals surface area contributed by atoms with E-state index >= 15 is 0 Å². The minimum absolute atomic E-state index is 0.0501. The molecule has 1 amide bonds. The van der Waals surface area contributed by atoms with Crippen molar-refractivity contribution in [3.8, 4) is 11.8 Å². The van der Waals surface area contributed by atoms with Gasteiger partial charge in [0.25, 0.3) is 5.91 Å². The van der Waals surface area contributed by atoms with Gasteiger partial charge in [0.15, 0.2) is 11.6 Å². The van der Waals surface area contributed by atoms with Gasteiger partial charge in [-0.3, -0.25) is 4.79 Å². The first-order valence-corrected chi connectivity index (χ1v) is 8.29. The van der Waals surface area contributed by atoms with Crippen LogP contribution >= 0.6 is 0 Å². The first-order valence-electron chi connectivity index (χ1n) is 8.29. The molecule has 0 radical (unpaired) electrons. The summed E-state index contributed by atoms with van der Waals surface area (Å²) in [6.45, 7) is 3.36. The number of fused-ring (bicyclic) bond motifs is 1. The number of likely N-dealkylation sites (N-methyl/N-ethyl adjacent to an activating group) is 1. The summed E-state index contributed by atoms with van der Waals surface area (Å²) >= 11 is 0. The van der Waals surface area contributed by atoms with Gasteiger partial charge in [-0.15, -0.1) is 0 Å². The summed E-state index contributed by atoms with van der Waals surface area (Å²) in [5, 5.41) is 20.0. The highest BCUT2D eigenvalue weighted by Crippen LogP contribution is 2.43. The molecule has 2 atom stereocenters. The number of hydrogen-bond donors (Lipinski definition) is 1. The molecule has 2 aromatic rings. The lowest BCUT2D eigenvalue weighted by Crippen LogP contribution is -2.53. The molecule has 0 unspecified atom stereocenters. The van der Waals surface area contributed by atoms with Crippen molar-refractivity contribution in [2.75, 3.05) is 7.05 Å². The van der Waals surface area contributed by atoms with E-state index in [1.54, 1.807) is 32.0 Å². The second kappa shape index (κ2) is 6.63. The summed E-state index contributed by atoms with van der Waals surface area (Å²) in [7, 11) is 1.46. The predicted octanol–water partition coefficient (Wildman–Crippen LogP) is 3.18. The Hall–Kier alpha value is -2.98. The maximum atomic E-state index is 13.5. The SMILES string of the molecule is CN(C(=O)c1ccc(F)c(F)c1)[C@@H]1c2cc(C#N)ccc2OC(C)(C)[C@H]1O. The Kier molecular flexibility index (Phi) is 4.62. The Balaban J connectivity index is 2.06. The van der Waals surface area contributed by atoms with E-state index in [1.807, 2.05) is 6.07 Å². The highest BCUT2D eigenvalue weighted by Gasteiger charge is 2.46. The van der Waals surface area contributed by atoms with Gasteiger partial charge in [0.1, 0.15) is 17.5 Å². The molecule has 0 aliphatic carbocycles. The average molecular weight is 372 g/mol. The number of ether oxygens (including phenoxy) is 1. The molecule has 1 aliphatic rings. The Morgan fingerprint density at radius 3 is 2.56 bits per heavy atom. The zero-order chi connectivity index (χ0) is 19.9. The zero-order valence-corrected chi connectivity index (χ0v) is 15.0. The van der Waals surface area contributed by atoms with Crippen LogP contribution in [-0.2, 0) is 0 Å². The van der Waals surface area contributed by atoms with Crippen LogP contribution in [0.2, 0.25) is 0 Å². The third kappa shape index (κ3) is 3.24. The first-order chi connectivity index (χ1) is 12.7. The Morgan fingerprint density at radius 1 is 1.22 bits per heavy atom. The summed E-state index contributed by atoms with van der Waals surface area (Å²) in [5.74, 6) is -2.33. The molecule has 140 valence electrons. The molecule has 0 bridgehead atoms. The second-order valence-corrected chi connectivity index (χ2v) is 7.00. The lowest BCUT2D eigenvalue weighted by atomic mass is 9.85. The van der Waals surface area contributed by atoms with Crippen LogP contribution in [-0.4, -0.2) is 34.7 Å². The topological polar surface area (TPSA) is 73.6 Å². The van der Waals surface area contributed by atoms with E-state index in [1.165, 1.54) is 18.0 Å². The summed E-state index contributed by atoms with van der Waals surface area (Å²) in [4.78, 5) is 14.1. The molecule has 0 saturated heterocycles. The number of halogens is 2. The number of aliphatic hydroxyl groups excluding tert-OH is 1. The molecule has 5 nitrogen and oxygen atoms in total.